The first-order valence-corrected chi connectivity index (χ1v) is 6.29. The molecule has 0 aromatic rings. The van der Waals surface area contributed by atoms with Crippen molar-refractivity contribution < 1.29 is 9.90 Å². The molecule has 0 aliphatic carbocycles. The Morgan fingerprint density at radius 3 is 2.12 bits per heavy atom. The Hall–Kier alpha value is -0.810. The third kappa shape index (κ3) is 5.92. The normalized spacial score (nSPS) is 21.6. The maximum absolute atomic E-state index is 10.9. The summed E-state index contributed by atoms with van der Waals surface area (Å²) in [6.07, 6.45) is 8.58. The van der Waals surface area contributed by atoms with Gasteiger partial charge in [0.1, 0.15) is 0 Å². The van der Waals surface area contributed by atoms with Crippen molar-refractivity contribution >= 4 is 6.09 Å². The second kappa shape index (κ2) is 8.35. The van der Waals surface area contributed by atoms with Gasteiger partial charge in [0.25, 0.3) is 0 Å². The van der Waals surface area contributed by atoms with Crippen molar-refractivity contribution in [3.63, 3.8) is 0 Å². The van der Waals surface area contributed by atoms with Crippen LogP contribution in [0.3, 0.4) is 0 Å². The summed E-state index contributed by atoms with van der Waals surface area (Å²) in [5.41, 5.74) is 5.69. The third-order valence-corrected chi connectivity index (χ3v) is 2.88. The maximum atomic E-state index is 10.9. The molecular formula is C11H23N3O2. The van der Waals surface area contributed by atoms with Gasteiger partial charge in [-0.15, -0.1) is 0 Å². The zero-order valence-corrected chi connectivity index (χ0v) is 9.87. The van der Waals surface area contributed by atoms with Gasteiger partial charge in [0.05, 0.1) is 0 Å². The van der Waals surface area contributed by atoms with Crippen LogP contribution in [0.2, 0.25) is 0 Å². The van der Waals surface area contributed by atoms with Crippen LogP contribution in [0.1, 0.15) is 51.4 Å². The molecule has 3 N–H and O–H groups in total. The minimum atomic E-state index is -0.914. The molecule has 1 aliphatic rings. The number of carbonyl (C=O) groups is 1. The molecule has 0 aromatic heterocycles. The summed E-state index contributed by atoms with van der Waals surface area (Å²) in [5, 5.41) is 10.2. The van der Waals surface area contributed by atoms with Gasteiger partial charge in [-0.25, -0.2) is 15.2 Å². The van der Waals surface area contributed by atoms with E-state index >= 15 is 0 Å². The number of nitrogens with zero attached hydrogens (tertiary/aromatic N) is 1. The van der Waals surface area contributed by atoms with Crippen molar-refractivity contribution in [3.05, 3.63) is 0 Å². The molecule has 0 radical (unpaired) electrons. The lowest BCUT2D eigenvalue weighted by Crippen LogP contribution is -2.50. The minimum Gasteiger partial charge on any atom is -0.464 e. The van der Waals surface area contributed by atoms with E-state index in [1.807, 2.05) is 0 Å². The zero-order chi connectivity index (χ0) is 11.6. The summed E-state index contributed by atoms with van der Waals surface area (Å²) in [7, 11) is 0. The number of rotatable bonds is 0. The average Bonchev–Trinajstić information content (AvgIpc) is 2.28. The number of carboxylic acid groups (broad SMARTS) is 1. The van der Waals surface area contributed by atoms with E-state index < -0.39 is 6.09 Å². The molecular weight excluding hydrogens is 206 g/mol. The van der Waals surface area contributed by atoms with Crippen molar-refractivity contribution in [1.29, 1.82) is 0 Å². The van der Waals surface area contributed by atoms with Gasteiger partial charge in [-0.2, -0.15) is 5.53 Å². The molecule has 5 heteroatoms. The summed E-state index contributed by atoms with van der Waals surface area (Å²) in [6, 6.07) is 0. The quantitative estimate of drug-likeness (QED) is 0.595. The predicted octanol–water partition coefficient (Wildman–Crippen LogP) is 2.11. The van der Waals surface area contributed by atoms with Gasteiger partial charge >= 0.3 is 6.09 Å². The van der Waals surface area contributed by atoms with Gasteiger partial charge in [0.2, 0.25) is 0 Å². The van der Waals surface area contributed by atoms with Crippen molar-refractivity contribution in [3.8, 4) is 0 Å². The van der Waals surface area contributed by atoms with E-state index in [1.165, 1.54) is 37.1 Å². The molecule has 0 aromatic carbocycles. The lowest BCUT2D eigenvalue weighted by atomic mass is 10.1. The highest BCUT2D eigenvalue weighted by molar-refractivity contribution is 5.64. The maximum Gasteiger partial charge on any atom is 0.422 e. The summed E-state index contributed by atoms with van der Waals surface area (Å²) in [6.45, 7) is 1.38. The summed E-state index contributed by atoms with van der Waals surface area (Å²) in [5.74, 6) is 0. The molecule has 0 unspecified atom stereocenters. The summed E-state index contributed by atoms with van der Waals surface area (Å²) < 4.78 is 0. The highest BCUT2D eigenvalue weighted by Gasteiger charge is 2.10. The fraction of sp³-hybridized carbons (Fsp3) is 0.909. The standard InChI is InChI=1S/C11H23N3O2/c15-11(16)14-10-8-6-4-2-1-3-5-7-9-12-13-14/h12-13H,1-10H2,(H,15,16). The van der Waals surface area contributed by atoms with E-state index in [0.717, 1.165) is 25.8 Å². The third-order valence-electron chi connectivity index (χ3n) is 2.88. The number of hydrazine groups is 2. The Bertz CT molecular complexity index is 186. The molecule has 1 amide bonds. The molecule has 1 fully saturated rings. The first kappa shape index (κ1) is 13.3. The molecule has 94 valence electrons. The van der Waals surface area contributed by atoms with Crippen LogP contribution in [0.15, 0.2) is 0 Å². The molecule has 1 heterocycles. The first-order chi connectivity index (χ1) is 7.80. The van der Waals surface area contributed by atoms with Gasteiger partial charge in [-0.05, 0) is 12.8 Å². The van der Waals surface area contributed by atoms with Crippen LogP contribution >= 0.6 is 0 Å². The van der Waals surface area contributed by atoms with Gasteiger partial charge in [0.15, 0.2) is 0 Å². The number of amides is 1. The molecule has 5 nitrogen and oxygen atoms in total. The Labute approximate surface area is 97.1 Å². The lowest BCUT2D eigenvalue weighted by molar-refractivity contribution is 0.105. The SMILES string of the molecule is O=C(O)N1CCCCCCCCCCNN1. The molecule has 16 heavy (non-hydrogen) atoms. The smallest absolute Gasteiger partial charge is 0.422 e. The van der Waals surface area contributed by atoms with E-state index in [1.54, 1.807) is 0 Å². The van der Waals surface area contributed by atoms with Crippen LogP contribution < -0.4 is 11.0 Å². The monoisotopic (exact) mass is 229 g/mol. The number of nitrogens with one attached hydrogen (secondary N) is 2. The topological polar surface area (TPSA) is 64.6 Å². The molecule has 0 saturated carbocycles. The van der Waals surface area contributed by atoms with Gasteiger partial charge in [-0.3, -0.25) is 0 Å². The number of hydrogen-bond acceptors (Lipinski definition) is 3. The fourth-order valence-corrected chi connectivity index (χ4v) is 1.89. The molecule has 0 bridgehead atoms. The largest absolute Gasteiger partial charge is 0.464 e. The fourth-order valence-electron chi connectivity index (χ4n) is 1.89. The van der Waals surface area contributed by atoms with Crippen molar-refractivity contribution in [2.75, 3.05) is 13.1 Å². The average molecular weight is 229 g/mol. The van der Waals surface area contributed by atoms with Gasteiger partial charge in [-0.1, -0.05) is 38.5 Å². The van der Waals surface area contributed by atoms with E-state index in [-0.39, 0.29) is 0 Å². The molecule has 0 atom stereocenters. The molecule has 0 spiro atoms. The van der Waals surface area contributed by atoms with Crippen LogP contribution in [0, 0.1) is 0 Å². The Morgan fingerprint density at radius 2 is 1.50 bits per heavy atom. The van der Waals surface area contributed by atoms with Crippen LogP contribution in [-0.2, 0) is 0 Å². The number of hydrogen-bond donors (Lipinski definition) is 3. The predicted molar refractivity (Wildman–Crippen MR) is 62.8 cm³/mol. The first-order valence-electron chi connectivity index (χ1n) is 6.29. The lowest BCUT2D eigenvalue weighted by Gasteiger charge is -2.20. The minimum absolute atomic E-state index is 0.558. The Balaban J connectivity index is 2.29. The van der Waals surface area contributed by atoms with E-state index in [4.69, 9.17) is 5.11 Å². The molecule has 1 rings (SSSR count). The van der Waals surface area contributed by atoms with Gasteiger partial charge < -0.3 is 5.11 Å². The van der Waals surface area contributed by atoms with Crippen molar-refractivity contribution in [1.82, 2.24) is 16.0 Å². The Kier molecular flexibility index (Phi) is 6.92. The van der Waals surface area contributed by atoms with E-state index in [2.05, 4.69) is 11.0 Å². The van der Waals surface area contributed by atoms with Crippen LogP contribution in [0.5, 0.6) is 0 Å². The Morgan fingerprint density at radius 1 is 0.938 bits per heavy atom. The van der Waals surface area contributed by atoms with Gasteiger partial charge in [0, 0.05) is 13.1 Å². The second-order valence-electron chi connectivity index (χ2n) is 4.30. The molecule has 1 aliphatic heterocycles. The van der Waals surface area contributed by atoms with Crippen LogP contribution in [-0.4, -0.2) is 29.3 Å². The zero-order valence-electron chi connectivity index (χ0n) is 9.87. The van der Waals surface area contributed by atoms with Crippen LogP contribution in [0.25, 0.3) is 0 Å². The van der Waals surface area contributed by atoms with Crippen molar-refractivity contribution in [2.24, 2.45) is 0 Å². The van der Waals surface area contributed by atoms with E-state index in [9.17, 15) is 4.79 Å². The van der Waals surface area contributed by atoms with E-state index in [0.29, 0.717) is 6.54 Å². The van der Waals surface area contributed by atoms with Crippen molar-refractivity contribution in [2.45, 2.75) is 51.4 Å². The second-order valence-corrected chi connectivity index (χ2v) is 4.30. The highest BCUT2D eigenvalue weighted by Crippen LogP contribution is 2.09. The summed E-state index contributed by atoms with van der Waals surface area (Å²) >= 11 is 0. The molecule has 1 saturated heterocycles. The highest BCUT2D eigenvalue weighted by atomic mass is 16.4. The van der Waals surface area contributed by atoms with Crippen LogP contribution in [0.4, 0.5) is 4.79 Å². The summed E-state index contributed by atoms with van der Waals surface area (Å²) in [4.78, 5) is 10.9.